The normalized spacial score (nSPS) is 12.1. The number of thiophene rings is 1. The minimum atomic E-state index is 0.438. The van der Waals surface area contributed by atoms with E-state index < -0.39 is 0 Å². The lowest BCUT2D eigenvalue weighted by molar-refractivity contribution is 0.929. The van der Waals surface area contributed by atoms with Crippen LogP contribution in [0.2, 0.25) is 8.67 Å². The van der Waals surface area contributed by atoms with Crippen LogP contribution in [0.15, 0.2) is 11.6 Å². The first-order valence-corrected chi connectivity index (χ1v) is 6.01. The molecule has 0 bridgehead atoms. The molecule has 80 valence electrons. The minimum absolute atomic E-state index is 0.438. The molecule has 1 heterocycles. The van der Waals surface area contributed by atoms with Crippen LogP contribution >= 0.6 is 34.5 Å². The fraction of sp³-hybridized carbons (Fsp3) is 0.300. The van der Waals surface area contributed by atoms with Crippen LogP contribution in [0.5, 0.6) is 0 Å². The fourth-order valence-electron chi connectivity index (χ4n) is 1.19. The van der Waals surface area contributed by atoms with Gasteiger partial charge >= 0.3 is 0 Å². The second-order valence-electron chi connectivity index (χ2n) is 2.99. The van der Waals surface area contributed by atoms with E-state index >= 15 is 0 Å². The quantitative estimate of drug-likeness (QED) is 0.834. The molecule has 0 atom stereocenters. The van der Waals surface area contributed by atoms with Gasteiger partial charge in [0.05, 0.1) is 21.7 Å². The van der Waals surface area contributed by atoms with Gasteiger partial charge in [-0.05, 0) is 12.5 Å². The van der Waals surface area contributed by atoms with E-state index in [0.717, 1.165) is 6.42 Å². The van der Waals surface area contributed by atoms with Crippen LogP contribution in [0, 0.1) is 11.3 Å². The van der Waals surface area contributed by atoms with Crippen LogP contribution in [0.25, 0.3) is 5.70 Å². The van der Waals surface area contributed by atoms with Gasteiger partial charge in [-0.3, -0.25) is 0 Å². The zero-order valence-electron chi connectivity index (χ0n) is 8.18. The summed E-state index contributed by atoms with van der Waals surface area (Å²) >= 11 is 13.0. The van der Waals surface area contributed by atoms with Crippen molar-refractivity contribution in [2.75, 3.05) is 0 Å². The number of nitrogens with zero attached hydrogens (tertiary/aromatic N) is 1. The SMILES string of the molecule is CCC/C(C#N)=C(/N)c1cc(Cl)sc1Cl. The predicted octanol–water partition coefficient (Wildman–Crippen LogP) is 4.05. The average Bonchev–Trinajstić information content (AvgIpc) is 2.53. The van der Waals surface area contributed by atoms with Crippen LogP contribution in [0.1, 0.15) is 25.3 Å². The molecule has 0 saturated carbocycles. The zero-order chi connectivity index (χ0) is 11.4. The molecule has 2 nitrogen and oxygen atoms in total. The van der Waals surface area contributed by atoms with Gasteiger partial charge in [0, 0.05) is 5.56 Å². The molecule has 5 heteroatoms. The Morgan fingerprint density at radius 2 is 2.27 bits per heavy atom. The van der Waals surface area contributed by atoms with Crippen LogP contribution < -0.4 is 5.73 Å². The minimum Gasteiger partial charge on any atom is -0.397 e. The van der Waals surface area contributed by atoms with Crippen molar-refractivity contribution in [3.63, 3.8) is 0 Å². The maximum Gasteiger partial charge on any atom is 0.104 e. The summed E-state index contributed by atoms with van der Waals surface area (Å²) < 4.78 is 1.10. The van der Waals surface area contributed by atoms with Gasteiger partial charge in [0.25, 0.3) is 0 Å². The second kappa shape index (κ2) is 5.41. The van der Waals surface area contributed by atoms with Gasteiger partial charge < -0.3 is 5.73 Å². The molecule has 0 spiro atoms. The molecule has 0 aromatic carbocycles. The lowest BCUT2D eigenvalue weighted by atomic mass is 10.1. The molecule has 0 saturated heterocycles. The van der Waals surface area contributed by atoms with Gasteiger partial charge in [-0.2, -0.15) is 5.26 Å². The van der Waals surface area contributed by atoms with E-state index in [2.05, 4.69) is 6.07 Å². The molecule has 0 fully saturated rings. The standard InChI is InChI=1S/C10H10Cl2N2S/c1-2-3-6(5-13)9(14)7-4-8(11)15-10(7)12/h4H,2-3,14H2,1H3/b9-6-. The first-order valence-electron chi connectivity index (χ1n) is 4.44. The number of hydrogen-bond donors (Lipinski definition) is 1. The molecule has 1 aromatic rings. The maximum absolute atomic E-state index is 8.93. The summed E-state index contributed by atoms with van der Waals surface area (Å²) in [5.74, 6) is 0. The van der Waals surface area contributed by atoms with E-state index in [4.69, 9.17) is 34.2 Å². The fourth-order valence-corrected chi connectivity index (χ4v) is 2.68. The summed E-state index contributed by atoms with van der Waals surface area (Å²) in [7, 11) is 0. The Morgan fingerprint density at radius 3 is 2.67 bits per heavy atom. The van der Waals surface area contributed by atoms with Gasteiger partial charge in [-0.25, -0.2) is 0 Å². The van der Waals surface area contributed by atoms with E-state index in [1.165, 1.54) is 11.3 Å². The number of hydrogen-bond acceptors (Lipinski definition) is 3. The van der Waals surface area contributed by atoms with E-state index in [9.17, 15) is 0 Å². The van der Waals surface area contributed by atoms with Crippen molar-refractivity contribution in [3.8, 4) is 6.07 Å². The van der Waals surface area contributed by atoms with Crippen LogP contribution in [0.4, 0.5) is 0 Å². The second-order valence-corrected chi connectivity index (χ2v) is 5.28. The highest BCUT2D eigenvalue weighted by Gasteiger charge is 2.12. The monoisotopic (exact) mass is 260 g/mol. The topological polar surface area (TPSA) is 49.8 Å². The molecule has 15 heavy (non-hydrogen) atoms. The Balaban J connectivity index is 3.17. The first kappa shape index (κ1) is 12.4. The highest BCUT2D eigenvalue weighted by atomic mass is 35.5. The van der Waals surface area contributed by atoms with E-state index in [1.54, 1.807) is 6.07 Å². The summed E-state index contributed by atoms with van der Waals surface area (Å²) in [4.78, 5) is 0. The van der Waals surface area contributed by atoms with Gasteiger partial charge in [0.1, 0.15) is 4.34 Å². The molecule has 0 aliphatic rings. The lowest BCUT2D eigenvalue weighted by Gasteiger charge is -2.02. The lowest BCUT2D eigenvalue weighted by Crippen LogP contribution is -2.00. The van der Waals surface area contributed by atoms with Crippen LogP contribution in [0.3, 0.4) is 0 Å². The molecule has 1 rings (SSSR count). The van der Waals surface area contributed by atoms with E-state index in [-0.39, 0.29) is 0 Å². The Kier molecular flexibility index (Phi) is 4.46. The Bertz CT molecular complexity index is 429. The maximum atomic E-state index is 8.93. The molecule has 1 aromatic heterocycles. The molecular formula is C10H10Cl2N2S. The molecule has 0 aliphatic heterocycles. The van der Waals surface area contributed by atoms with Crippen molar-refractivity contribution in [2.24, 2.45) is 5.73 Å². The summed E-state index contributed by atoms with van der Waals surface area (Å²) in [6.07, 6.45) is 1.53. The molecule has 2 N–H and O–H groups in total. The van der Waals surface area contributed by atoms with E-state index in [1.807, 2.05) is 6.92 Å². The van der Waals surface area contributed by atoms with Crippen LogP contribution in [-0.2, 0) is 0 Å². The van der Waals surface area contributed by atoms with Crippen molar-refractivity contribution in [1.82, 2.24) is 0 Å². The third-order valence-corrected chi connectivity index (χ3v) is 3.39. The van der Waals surface area contributed by atoms with Crippen LogP contribution in [-0.4, -0.2) is 0 Å². The summed E-state index contributed by atoms with van der Waals surface area (Å²) in [6, 6.07) is 3.79. The molecule has 0 aliphatic carbocycles. The largest absolute Gasteiger partial charge is 0.397 e. The molecule has 0 radical (unpaired) electrons. The van der Waals surface area contributed by atoms with Gasteiger partial charge in [0.15, 0.2) is 0 Å². The van der Waals surface area contributed by atoms with Crippen molar-refractivity contribution in [1.29, 1.82) is 5.26 Å². The molecular weight excluding hydrogens is 251 g/mol. The number of allylic oxidation sites excluding steroid dienone is 1. The Hall–Kier alpha value is -0.690. The molecule has 0 unspecified atom stereocenters. The Labute approximate surface area is 103 Å². The summed E-state index contributed by atoms with van der Waals surface area (Å²) in [5, 5.41) is 8.93. The first-order chi connectivity index (χ1) is 7.10. The van der Waals surface area contributed by atoms with Crippen molar-refractivity contribution in [2.45, 2.75) is 19.8 Å². The van der Waals surface area contributed by atoms with E-state index in [0.29, 0.717) is 31.9 Å². The Morgan fingerprint density at radius 1 is 1.60 bits per heavy atom. The number of nitrogens with two attached hydrogens (primary N) is 1. The highest BCUT2D eigenvalue weighted by Crippen LogP contribution is 2.35. The third kappa shape index (κ3) is 2.88. The molecule has 0 amide bonds. The summed E-state index contributed by atoms with van der Waals surface area (Å²) in [5.41, 5.74) is 7.54. The van der Waals surface area contributed by atoms with Crippen molar-refractivity contribution < 1.29 is 0 Å². The van der Waals surface area contributed by atoms with Gasteiger partial charge in [-0.15, -0.1) is 11.3 Å². The third-order valence-electron chi connectivity index (χ3n) is 1.91. The van der Waals surface area contributed by atoms with Crippen molar-refractivity contribution in [3.05, 3.63) is 25.9 Å². The summed E-state index contributed by atoms with van der Waals surface area (Å²) in [6.45, 7) is 1.99. The number of nitriles is 1. The van der Waals surface area contributed by atoms with Gasteiger partial charge in [0.2, 0.25) is 0 Å². The average molecular weight is 261 g/mol. The zero-order valence-corrected chi connectivity index (χ0v) is 10.5. The number of rotatable bonds is 3. The van der Waals surface area contributed by atoms with Crippen molar-refractivity contribution >= 4 is 40.2 Å². The smallest absolute Gasteiger partial charge is 0.104 e. The predicted molar refractivity (Wildman–Crippen MR) is 66.0 cm³/mol. The number of halogens is 2. The highest BCUT2D eigenvalue weighted by molar-refractivity contribution is 7.20. The van der Waals surface area contributed by atoms with Gasteiger partial charge in [-0.1, -0.05) is 36.5 Å².